The summed E-state index contributed by atoms with van der Waals surface area (Å²) in [5.41, 5.74) is 2.23. The van der Waals surface area contributed by atoms with Gasteiger partial charge in [0.1, 0.15) is 10.8 Å². The fraction of sp³-hybridized carbons (Fsp3) is 0.476. The van der Waals surface area contributed by atoms with E-state index in [4.69, 9.17) is 16.3 Å². The molecule has 2 aromatic rings. The van der Waals surface area contributed by atoms with Gasteiger partial charge in [-0.3, -0.25) is 4.79 Å². The lowest BCUT2D eigenvalue weighted by molar-refractivity contribution is 0.230. The van der Waals surface area contributed by atoms with Crippen molar-refractivity contribution >= 4 is 17.3 Å². The molecule has 2 aliphatic rings. The number of piperidine rings is 1. The molecular weight excluding hydrogens is 348 g/mol. The fourth-order valence-corrected chi connectivity index (χ4v) is 4.49. The molecule has 0 radical (unpaired) electrons. The molecule has 26 heavy (non-hydrogen) atoms. The van der Waals surface area contributed by atoms with E-state index in [1.165, 1.54) is 5.56 Å². The van der Waals surface area contributed by atoms with Crippen LogP contribution in [0.4, 0.5) is 5.69 Å². The number of unbranched alkanes of at least 4 members (excludes halogenated alkanes) is 1. The summed E-state index contributed by atoms with van der Waals surface area (Å²) in [5.74, 6) is 1.03. The van der Waals surface area contributed by atoms with Crippen LogP contribution in [0.3, 0.4) is 0 Å². The Kier molecular flexibility index (Phi) is 4.70. The van der Waals surface area contributed by atoms with Gasteiger partial charge in [0.05, 0.1) is 12.3 Å². The van der Waals surface area contributed by atoms with Crippen LogP contribution in [-0.4, -0.2) is 24.3 Å². The Hall–Kier alpha value is -1.94. The average molecular weight is 373 g/mol. The van der Waals surface area contributed by atoms with Gasteiger partial charge in [-0.25, -0.2) is 0 Å². The van der Waals surface area contributed by atoms with Crippen LogP contribution in [-0.2, 0) is 12.0 Å². The van der Waals surface area contributed by atoms with Crippen molar-refractivity contribution in [3.05, 3.63) is 57.5 Å². The molecular formula is C21H25ClN2O2. The zero-order valence-corrected chi connectivity index (χ0v) is 16.0. The molecule has 1 aromatic heterocycles. The summed E-state index contributed by atoms with van der Waals surface area (Å²) in [4.78, 5) is 14.8. The minimum atomic E-state index is -0.0764. The third kappa shape index (κ3) is 2.90. The number of aryl methyl sites for hydroxylation is 1. The number of benzene rings is 1. The lowest BCUT2D eigenvalue weighted by Gasteiger charge is -2.39. The Labute approximate surface area is 159 Å². The summed E-state index contributed by atoms with van der Waals surface area (Å²) < 4.78 is 7.65. The van der Waals surface area contributed by atoms with Crippen LogP contribution in [0.1, 0.15) is 38.2 Å². The maximum atomic E-state index is 12.5. The summed E-state index contributed by atoms with van der Waals surface area (Å²) in [7, 11) is 0. The summed E-state index contributed by atoms with van der Waals surface area (Å²) in [6.07, 6.45) is 5.96. The zero-order chi connectivity index (χ0) is 18.1. The standard InChI is InChI=1S/C21H25ClN2O2/c1-2-3-11-24-12-8-17(19(22)20(24)25)23-13-9-21(10-14-23)15-26-18-7-5-4-6-16(18)21/h4-8,12H,2-3,9-11,13-15H2,1H3. The highest BCUT2D eigenvalue weighted by Crippen LogP contribution is 2.46. The highest BCUT2D eigenvalue weighted by Gasteiger charge is 2.43. The highest BCUT2D eigenvalue weighted by atomic mass is 35.5. The van der Waals surface area contributed by atoms with Crippen molar-refractivity contribution in [1.82, 2.24) is 4.57 Å². The smallest absolute Gasteiger partial charge is 0.271 e. The molecule has 4 nitrogen and oxygen atoms in total. The maximum absolute atomic E-state index is 12.5. The third-order valence-electron chi connectivity index (χ3n) is 5.86. The van der Waals surface area contributed by atoms with Crippen molar-refractivity contribution in [1.29, 1.82) is 0 Å². The quantitative estimate of drug-likeness (QED) is 0.805. The van der Waals surface area contributed by atoms with Crippen LogP contribution >= 0.6 is 11.6 Å². The zero-order valence-electron chi connectivity index (χ0n) is 15.2. The van der Waals surface area contributed by atoms with E-state index >= 15 is 0 Å². The lowest BCUT2D eigenvalue weighted by atomic mass is 9.74. The first kappa shape index (κ1) is 17.5. The molecule has 1 saturated heterocycles. The van der Waals surface area contributed by atoms with E-state index in [0.717, 1.165) is 63.4 Å². The van der Waals surface area contributed by atoms with Gasteiger partial charge >= 0.3 is 0 Å². The number of halogens is 1. The van der Waals surface area contributed by atoms with Gasteiger partial charge in [-0.2, -0.15) is 0 Å². The predicted octanol–water partition coefficient (Wildman–Crippen LogP) is 4.23. The van der Waals surface area contributed by atoms with Gasteiger partial charge in [0, 0.05) is 36.8 Å². The number of anilines is 1. The predicted molar refractivity (Wildman–Crippen MR) is 106 cm³/mol. The molecule has 2 aliphatic heterocycles. The molecule has 0 atom stereocenters. The highest BCUT2D eigenvalue weighted by molar-refractivity contribution is 6.33. The van der Waals surface area contributed by atoms with Gasteiger partial charge in [-0.1, -0.05) is 43.1 Å². The van der Waals surface area contributed by atoms with Gasteiger partial charge in [0.2, 0.25) is 0 Å². The van der Waals surface area contributed by atoms with E-state index in [-0.39, 0.29) is 11.0 Å². The SMILES string of the molecule is CCCCn1ccc(N2CCC3(CC2)COc2ccccc23)c(Cl)c1=O. The topological polar surface area (TPSA) is 34.5 Å². The number of fused-ring (bicyclic) bond motifs is 2. The monoisotopic (exact) mass is 372 g/mol. The molecule has 5 heteroatoms. The minimum absolute atomic E-state index is 0.0764. The van der Waals surface area contributed by atoms with Crippen molar-refractivity contribution in [2.45, 2.75) is 44.6 Å². The number of hydrogen-bond acceptors (Lipinski definition) is 3. The van der Waals surface area contributed by atoms with Crippen LogP contribution in [0, 0.1) is 0 Å². The molecule has 1 fully saturated rings. The Morgan fingerprint density at radius 3 is 2.73 bits per heavy atom. The maximum Gasteiger partial charge on any atom is 0.271 e. The number of aromatic nitrogens is 1. The molecule has 1 aromatic carbocycles. The first-order chi connectivity index (χ1) is 12.6. The van der Waals surface area contributed by atoms with Crippen molar-refractivity contribution in [3.8, 4) is 5.75 Å². The van der Waals surface area contributed by atoms with E-state index < -0.39 is 0 Å². The molecule has 4 rings (SSSR count). The second kappa shape index (κ2) is 6.99. The molecule has 138 valence electrons. The van der Waals surface area contributed by atoms with Crippen molar-refractivity contribution in [2.24, 2.45) is 0 Å². The van der Waals surface area contributed by atoms with E-state index in [1.54, 1.807) is 4.57 Å². The Balaban J connectivity index is 1.52. The van der Waals surface area contributed by atoms with Crippen molar-refractivity contribution < 1.29 is 4.74 Å². The third-order valence-corrected chi connectivity index (χ3v) is 6.22. The number of rotatable bonds is 4. The van der Waals surface area contributed by atoms with E-state index in [2.05, 4.69) is 30.0 Å². The Bertz CT molecular complexity index is 853. The van der Waals surface area contributed by atoms with Gasteiger partial charge in [-0.05, 0) is 31.4 Å². The second-order valence-corrected chi connectivity index (χ2v) is 7.80. The molecule has 1 spiro atoms. The summed E-state index contributed by atoms with van der Waals surface area (Å²) in [6.45, 7) is 5.38. The number of hydrogen-bond donors (Lipinski definition) is 0. The van der Waals surface area contributed by atoms with Crippen LogP contribution in [0.15, 0.2) is 41.3 Å². The van der Waals surface area contributed by atoms with E-state index in [1.807, 2.05) is 18.3 Å². The second-order valence-electron chi connectivity index (χ2n) is 7.42. The van der Waals surface area contributed by atoms with Gasteiger partial charge in [0.15, 0.2) is 0 Å². The minimum Gasteiger partial charge on any atom is -0.492 e. The molecule has 3 heterocycles. The summed E-state index contributed by atoms with van der Waals surface area (Å²) >= 11 is 6.44. The molecule has 0 amide bonds. The van der Waals surface area contributed by atoms with Gasteiger partial charge < -0.3 is 14.2 Å². The number of para-hydroxylation sites is 1. The van der Waals surface area contributed by atoms with Crippen LogP contribution in [0.25, 0.3) is 0 Å². The van der Waals surface area contributed by atoms with Gasteiger partial charge in [0.25, 0.3) is 5.56 Å². The van der Waals surface area contributed by atoms with Crippen LogP contribution < -0.4 is 15.2 Å². The first-order valence-electron chi connectivity index (χ1n) is 9.51. The number of nitrogens with zero attached hydrogens (tertiary/aromatic N) is 2. The van der Waals surface area contributed by atoms with Crippen molar-refractivity contribution in [2.75, 3.05) is 24.6 Å². The molecule has 0 aliphatic carbocycles. The average Bonchev–Trinajstić information content (AvgIpc) is 3.03. The van der Waals surface area contributed by atoms with Gasteiger partial charge in [-0.15, -0.1) is 0 Å². The first-order valence-corrected chi connectivity index (χ1v) is 9.89. The Morgan fingerprint density at radius 2 is 1.96 bits per heavy atom. The fourth-order valence-electron chi connectivity index (χ4n) is 4.20. The molecule has 0 saturated carbocycles. The van der Waals surface area contributed by atoms with Crippen molar-refractivity contribution in [3.63, 3.8) is 0 Å². The molecule has 0 bridgehead atoms. The largest absolute Gasteiger partial charge is 0.492 e. The molecule has 0 unspecified atom stereocenters. The van der Waals surface area contributed by atoms with Crippen LogP contribution in [0.2, 0.25) is 5.02 Å². The van der Waals surface area contributed by atoms with Crippen LogP contribution in [0.5, 0.6) is 5.75 Å². The normalized spacial score (nSPS) is 18.0. The summed E-state index contributed by atoms with van der Waals surface area (Å²) in [6, 6.07) is 10.4. The molecule has 0 N–H and O–H groups in total. The lowest BCUT2D eigenvalue weighted by Crippen LogP contribution is -2.44. The summed E-state index contributed by atoms with van der Waals surface area (Å²) in [5, 5.41) is 0.350. The Morgan fingerprint density at radius 1 is 1.19 bits per heavy atom. The van der Waals surface area contributed by atoms with E-state index in [0.29, 0.717) is 5.02 Å². The number of pyridine rings is 1. The number of ether oxygens (including phenoxy) is 1. The van der Waals surface area contributed by atoms with E-state index in [9.17, 15) is 4.79 Å².